The lowest BCUT2D eigenvalue weighted by atomic mass is 10.1. The summed E-state index contributed by atoms with van der Waals surface area (Å²) in [6, 6.07) is 14.2. The molecule has 0 aliphatic carbocycles. The van der Waals surface area contributed by atoms with E-state index in [0.717, 1.165) is 29.5 Å². The highest BCUT2D eigenvalue weighted by molar-refractivity contribution is 5.70. The van der Waals surface area contributed by atoms with Crippen molar-refractivity contribution < 1.29 is 18.0 Å². The Bertz CT molecular complexity index is 1350. The fraction of sp³-hybridized carbons (Fsp3) is 0.0870. The first kappa shape index (κ1) is 18.9. The quantitative estimate of drug-likeness (QED) is 0.400. The first-order valence-electron chi connectivity index (χ1n) is 9.48. The second kappa shape index (κ2) is 7.64. The van der Waals surface area contributed by atoms with Crippen molar-refractivity contribution in [2.75, 3.05) is 7.11 Å². The monoisotopic (exact) mass is 418 g/mol. The van der Waals surface area contributed by atoms with Crippen molar-refractivity contribution in [1.82, 2.24) is 19.7 Å². The van der Waals surface area contributed by atoms with Gasteiger partial charge in [0.15, 0.2) is 11.6 Å². The molecule has 2 aromatic carbocycles. The van der Waals surface area contributed by atoms with Crippen LogP contribution >= 0.6 is 0 Å². The summed E-state index contributed by atoms with van der Waals surface area (Å²) in [7, 11) is 1.61. The molecule has 0 saturated carbocycles. The number of ether oxygens (including phenoxy) is 1. The summed E-state index contributed by atoms with van der Waals surface area (Å²) in [5.74, 6) is 0.665. The van der Waals surface area contributed by atoms with Gasteiger partial charge in [0.05, 0.1) is 24.9 Å². The molecule has 6 nitrogen and oxygen atoms in total. The maximum Gasteiger partial charge on any atom is 0.164 e. The molecule has 8 heteroatoms. The fourth-order valence-corrected chi connectivity index (χ4v) is 3.39. The molecule has 5 rings (SSSR count). The third kappa shape index (κ3) is 3.63. The fourth-order valence-electron chi connectivity index (χ4n) is 3.39. The van der Waals surface area contributed by atoms with E-state index in [1.54, 1.807) is 13.2 Å². The van der Waals surface area contributed by atoms with E-state index in [2.05, 4.69) is 15.1 Å². The molecule has 2 aliphatic heterocycles. The molecule has 0 saturated heterocycles. The maximum absolute atomic E-state index is 14.0. The molecular weight excluding hydrogens is 402 g/mol. The van der Waals surface area contributed by atoms with E-state index in [0.29, 0.717) is 29.6 Å². The van der Waals surface area contributed by atoms with Gasteiger partial charge in [-0.2, -0.15) is 0 Å². The Balaban J connectivity index is 1.43. The normalized spacial score (nSPS) is 11.2. The van der Waals surface area contributed by atoms with Crippen molar-refractivity contribution in [2.45, 2.75) is 6.54 Å². The summed E-state index contributed by atoms with van der Waals surface area (Å²) in [5, 5.41) is 3.87. The standard InChI is InChI=1S/C23H16F2N4O2/c1-30-22-5-3-2-4-16(22)23-26-19-8-9-29(13-21(19)27-23)12-15-11-20(28-31-15)17-10-14(24)6-7-18(17)25/h2-11,13H,12H2,1H3. The highest BCUT2D eigenvalue weighted by atomic mass is 19.1. The molecule has 3 heterocycles. The molecule has 0 atom stereocenters. The van der Waals surface area contributed by atoms with E-state index in [1.807, 2.05) is 47.3 Å². The minimum Gasteiger partial charge on any atom is -0.496 e. The van der Waals surface area contributed by atoms with Crippen LogP contribution in [0.25, 0.3) is 34.0 Å². The molecule has 0 N–H and O–H groups in total. The summed E-state index contributed by atoms with van der Waals surface area (Å²) in [4.78, 5) is 9.20. The highest BCUT2D eigenvalue weighted by Crippen LogP contribution is 2.31. The number of halogens is 2. The molecule has 1 aromatic heterocycles. The van der Waals surface area contributed by atoms with Gasteiger partial charge < -0.3 is 13.8 Å². The molecule has 0 spiro atoms. The van der Waals surface area contributed by atoms with Crippen molar-refractivity contribution in [3.05, 3.63) is 84.4 Å². The number of benzene rings is 2. The van der Waals surface area contributed by atoms with Crippen LogP contribution in [0.1, 0.15) is 5.76 Å². The number of methoxy groups -OCH3 is 1. The van der Waals surface area contributed by atoms with Gasteiger partial charge in [-0.05, 0) is 36.4 Å². The Morgan fingerprint density at radius 3 is 2.65 bits per heavy atom. The Hall–Kier alpha value is -4.07. The van der Waals surface area contributed by atoms with Crippen LogP contribution in [0, 0.1) is 11.6 Å². The first-order valence-corrected chi connectivity index (χ1v) is 9.48. The van der Waals surface area contributed by atoms with Crippen LogP contribution < -0.4 is 4.74 Å². The third-order valence-electron chi connectivity index (χ3n) is 4.88. The summed E-state index contributed by atoms with van der Waals surface area (Å²) in [5.41, 5.74) is 2.56. The summed E-state index contributed by atoms with van der Waals surface area (Å²) < 4.78 is 40.0. The van der Waals surface area contributed by atoms with Gasteiger partial charge >= 0.3 is 0 Å². The largest absolute Gasteiger partial charge is 0.496 e. The molecule has 31 heavy (non-hydrogen) atoms. The number of pyridine rings is 1. The molecule has 154 valence electrons. The SMILES string of the molecule is COc1ccccc1-c1nc2ccn(Cc3cc(-c4cc(F)ccc4F)no3)cc-2n1. The Morgan fingerprint density at radius 1 is 0.935 bits per heavy atom. The van der Waals surface area contributed by atoms with Crippen LogP contribution in [-0.2, 0) is 6.54 Å². The van der Waals surface area contributed by atoms with E-state index < -0.39 is 11.6 Å². The minimum atomic E-state index is -0.564. The van der Waals surface area contributed by atoms with E-state index in [1.165, 1.54) is 0 Å². The van der Waals surface area contributed by atoms with Crippen molar-refractivity contribution >= 4 is 0 Å². The van der Waals surface area contributed by atoms with Gasteiger partial charge in [0.25, 0.3) is 0 Å². The molecule has 0 radical (unpaired) electrons. The molecule has 0 amide bonds. The van der Waals surface area contributed by atoms with Gasteiger partial charge in [0.2, 0.25) is 0 Å². The van der Waals surface area contributed by atoms with Gasteiger partial charge in [-0.25, -0.2) is 18.7 Å². The smallest absolute Gasteiger partial charge is 0.164 e. The van der Waals surface area contributed by atoms with Crippen molar-refractivity contribution in [3.8, 4) is 39.8 Å². The van der Waals surface area contributed by atoms with Crippen LogP contribution in [0.4, 0.5) is 8.78 Å². The van der Waals surface area contributed by atoms with Crippen molar-refractivity contribution in [1.29, 1.82) is 0 Å². The summed E-state index contributed by atoms with van der Waals surface area (Å²) in [6.07, 6.45) is 3.68. The van der Waals surface area contributed by atoms with Crippen LogP contribution in [0.5, 0.6) is 5.75 Å². The lowest BCUT2D eigenvalue weighted by Crippen LogP contribution is -1.99. The predicted molar refractivity (Wildman–Crippen MR) is 110 cm³/mol. The number of hydrogen-bond donors (Lipinski definition) is 0. The van der Waals surface area contributed by atoms with Crippen LogP contribution in [0.3, 0.4) is 0 Å². The minimum absolute atomic E-state index is 0.0544. The van der Waals surface area contributed by atoms with Gasteiger partial charge in [-0.15, -0.1) is 0 Å². The molecule has 3 aromatic rings. The molecule has 0 fully saturated rings. The third-order valence-corrected chi connectivity index (χ3v) is 4.88. The number of nitrogens with zero attached hydrogens (tertiary/aromatic N) is 4. The lowest BCUT2D eigenvalue weighted by molar-refractivity contribution is 0.378. The van der Waals surface area contributed by atoms with Crippen molar-refractivity contribution in [2.24, 2.45) is 0 Å². The number of aromatic nitrogens is 4. The Kier molecular flexibility index (Phi) is 4.66. The number of imidazole rings is 1. The number of para-hydroxylation sites is 1. The van der Waals surface area contributed by atoms with Gasteiger partial charge in [0, 0.05) is 24.0 Å². The first-order chi connectivity index (χ1) is 15.1. The predicted octanol–water partition coefficient (Wildman–Crippen LogP) is 5.04. The zero-order valence-corrected chi connectivity index (χ0v) is 16.4. The Morgan fingerprint density at radius 2 is 1.77 bits per heavy atom. The summed E-state index contributed by atoms with van der Waals surface area (Å²) >= 11 is 0. The topological polar surface area (TPSA) is 66.0 Å². The number of hydrogen-bond acceptors (Lipinski definition) is 5. The maximum atomic E-state index is 14.0. The molecule has 2 aliphatic rings. The lowest BCUT2D eigenvalue weighted by Gasteiger charge is -2.04. The molecule has 0 bridgehead atoms. The van der Waals surface area contributed by atoms with E-state index in [4.69, 9.17) is 9.26 Å². The van der Waals surface area contributed by atoms with Gasteiger partial charge in [0.1, 0.15) is 28.8 Å². The van der Waals surface area contributed by atoms with Gasteiger partial charge in [-0.3, -0.25) is 0 Å². The average Bonchev–Trinajstić information content (AvgIpc) is 3.42. The highest BCUT2D eigenvalue weighted by Gasteiger charge is 2.17. The van der Waals surface area contributed by atoms with E-state index in [-0.39, 0.29) is 11.3 Å². The van der Waals surface area contributed by atoms with Crippen LogP contribution in [0.2, 0.25) is 0 Å². The van der Waals surface area contributed by atoms with Crippen LogP contribution in [0.15, 0.2) is 71.5 Å². The Labute approximate surface area is 176 Å². The average molecular weight is 418 g/mol. The summed E-state index contributed by atoms with van der Waals surface area (Å²) in [6.45, 7) is 0.344. The zero-order valence-electron chi connectivity index (χ0n) is 16.4. The van der Waals surface area contributed by atoms with E-state index >= 15 is 0 Å². The molecular formula is C23H16F2N4O2. The van der Waals surface area contributed by atoms with Gasteiger partial charge in [-0.1, -0.05) is 17.3 Å². The van der Waals surface area contributed by atoms with Crippen LogP contribution in [-0.4, -0.2) is 26.8 Å². The molecule has 0 unspecified atom stereocenters. The zero-order chi connectivity index (χ0) is 21.4. The second-order valence-electron chi connectivity index (χ2n) is 6.94. The van der Waals surface area contributed by atoms with E-state index in [9.17, 15) is 8.78 Å². The number of fused-ring (bicyclic) bond motifs is 1. The van der Waals surface area contributed by atoms with Crippen molar-refractivity contribution in [3.63, 3.8) is 0 Å². The number of rotatable bonds is 5. The second-order valence-corrected chi connectivity index (χ2v) is 6.94.